The summed E-state index contributed by atoms with van der Waals surface area (Å²) >= 11 is 0. The number of sulfonamides is 2. The van der Waals surface area contributed by atoms with E-state index in [1.165, 1.54) is 58.6 Å². The molecule has 0 aliphatic carbocycles. The van der Waals surface area contributed by atoms with Crippen molar-refractivity contribution in [1.82, 2.24) is 0 Å². The Morgan fingerprint density at radius 1 is 0.968 bits per heavy atom. The number of carbonyl (C=O) groups excluding carboxylic acids is 1. The van der Waals surface area contributed by atoms with Crippen molar-refractivity contribution in [3.63, 3.8) is 0 Å². The molecule has 0 spiro atoms. The maximum atomic E-state index is 13.1. The highest BCUT2D eigenvalue weighted by Gasteiger charge is 2.42. The van der Waals surface area contributed by atoms with Crippen LogP contribution < -0.4 is 23.2 Å². The normalized spacial score (nSPS) is 18.0. The van der Waals surface area contributed by atoms with Crippen LogP contribution in [0.25, 0.3) is 0 Å². The van der Waals surface area contributed by atoms with Crippen LogP contribution in [0.1, 0.15) is 6.92 Å². The Morgan fingerprint density at radius 3 is 2.13 bits per heavy atom. The largest absolute Gasteiger partial charge is 0.495 e. The lowest BCUT2D eigenvalue weighted by Gasteiger charge is -2.18. The van der Waals surface area contributed by atoms with Crippen molar-refractivity contribution in [2.75, 3.05) is 36.1 Å². The first-order valence-corrected chi connectivity index (χ1v) is 12.1. The number of anilines is 2. The molecule has 1 aliphatic heterocycles. The molecule has 0 radical (unpaired) electrons. The number of benzene rings is 2. The van der Waals surface area contributed by atoms with Crippen LogP contribution >= 0.6 is 0 Å². The zero-order chi connectivity index (χ0) is 23.0. The Hall–Kier alpha value is -2.99. The minimum absolute atomic E-state index is 0.0196. The van der Waals surface area contributed by atoms with Gasteiger partial charge >= 0.3 is 0 Å². The summed E-state index contributed by atoms with van der Waals surface area (Å²) in [5.74, 6) is -0.987. The monoisotopic (exact) mass is 470 g/mol. The van der Waals surface area contributed by atoms with Crippen LogP contribution in [-0.4, -0.2) is 49.8 Å². The lowest BCUT2D eigenvalue weighted by molar-refractivity contribution is -0.119. The smallest absolute Gasteiger partial charge is 0.265 e. The number of methoxy groups -OCH3 is 3. The van der Waals surface area contributed by atoms with E-state index in [9.17, 15) is 21.6 Å². The van der Waals surface area contributed by atoms with Crippen molar-refractivity contribution in [2.24, 2.45) is 5.92 Å². The summed E-state index contributed by atoms with van der Waals surface area (Å²) in [6.07, 6.45) is 0. The predicted molar refractivity (Wildman–Crippen MR) is 114 cm³/mol. The maximum absolute atomic E-state index is 13.1. The molecule has 3 rings (SSSR count). The van der Waals surface area contributed by atoms with Crippen LogP contribution in [0.4, 0.5) is 11.4 Å². The molecule has 2 aromatic carbocycles. The number of nitrogens with zero attached hydrogens (tertiary/aromatic N) is 1. The van der Waals surface area contributed by atoms with E-state index in [1.54, 1.807) is 0 Å². The molecule has 1 aliphatic rings. The van der Waals surface area contributed by atoms with Gasteiger partial charge in [-0.25, -0.2) is 21.1 Å². The molecule has 10 nitrogen and oxygen atoms in total. The Balaban J connectivity index is 2.05. The molecule has 12 heteroatoms. The van der Waals surface area contributed by atoms with E-state index in [1.807, 2.05) is 0 Å². The van der Waals surface area contributed by atoms with Crippen LogP contribution in [0.5, 0.6) is 17.2 Å². The Bertz CT molecular complexity index is 1230. The summed E-state index contributed by atoms with van der Waals surface area (Å²) in [5.41, 5.74) is 0.103. The molecule has 1 amide bonds. The fraction of sp³-hybridized carbons (Fsp3) is 0.316. The fourth-order valence-corrected chi connectivity index (χ4v) is 6.25. The first-order chi connectivity index (χ1) is 14.5. The Morgan fingerprint density at radius 2 is 1.58 bits per heavy atom. The third-order valence-electron chi connectivity index (χ3n) is 4.67. The fourth-order valence-electron chi connectivity index (χ4n) is 3.20. The van der Waals surface area contributed by atoms with Gasteiger partial charge < -0.3 is 14.2 Å². The van der Waals surface area contributed by atoms with E-state index in [0.29, 0.717) is 15.8 Å². The van der Waals surface area contributed by atoms with Gasteiger partial charge in [0.05, 0.1) is 44.4 Å². The number of carbonyl (C=O) groups is 1. The summed E-state index contributed by atoms with van der Waals surface area (Å²) in [4.78, 5) is 12.1. The molecule has 1 N–H and O–H groups in total. The first-order valence-electron chi connectivity index (χ1n) is 9.03. The lowest BCUT2D eigenvalue weighted by atomic mass is 10.2. The molecule has 0 saturated carbocycles. The van der Waals surface area contributed by atoms with Crippen LogP contribution in [0.15, 0.2) is 41.3 Å². The van der Waals surface area contributed by atoms with Gasteiger partial charge in [0.1, 0.15) is 10.6 Å². The van der Waals surface area contributed by atoms with Crippen molar-refractivity contribution in [1.29, 1.82) is 0 Å². The number of nitrogens with one attached hydrogen (secondary N) is 1. The molecule has 0 bridgehead atoms. The molecule has 2 aromatic rings. The van der Waals surface area contributed by atoms with Crippen molar-refractivity contribution >= 4 is 37.3 Å². The number of ether oxygens (including phenoxy) is 3. The minimum Gasteiger partial charge on any atom is -0.495 e. The minimum atomic E-state index is -4.23. The number of hydrogen-bond donors (Lipinski definition) is 1. The van der Waals surface area contributed by atoms with Crippen LogP contribution in [-0.2, 0) is 24.8 Å². The highest BCUT2D eigenvalue weighted by molar-refractivity contribution is 7.94. The van der Waals surface area contributed by atoms with Crippen LogP contribution in [0.3, 0.4) is 0 Å². The zero-order valence-electron chi connectivity index (χ0n) is 17.3. The van der Waals surface area contributed by atoms with Crippen molar-refractivity contribution in [3.05, 3.63) is 36.4 Å². The maximum Gasteiger partial charge on any atom is 0.265 e. The highest BCUT2D eigenvalue weighted by atomic mass is 32.2. The summed E-state index contributed by atoms with van der Waals surface area (Å²) in [5, 5.41) is 0. The van der Waals surface area contributed by atoms with Crippen molar-refractivity contribution < 1.29 is 35.8 Å². The molecular weight excluding hydrogens is 448 g/mol. The second-order valence-corrected chi connectivity index (χ2v) is 10.3. The van der Waals surface area contributed by atoms with Crippen LogP contribution in [0, 0.1) is 5.92 Å². The lowest BCUT2D eigenvalue weighted by Crippen LogP contribution is -2.30. The number of amides is 1. The van der Waals surface area contributed by atoms with Gasteiger partial charge in [-0.2, -0.15) is 0 Å². The van der Waals surface area contributed by atoms with Crippen molar-refractivity contribution in [2.45, 2.75) is 11.8 Å². The molecule has 31 heavy (non-hydrogen) atoms. The molecule has 168 valence electrons. The Labute approximate surface area is 180 Å². The van der Waals surface area contributed by atoms with Gasteiger partial charge in [-0.05, 0) is 30.3 Å². The predicted octanol–water partition coefficient (Wildman–Crippen LogP) is 1.83. The summed E-state index contributed by atoms with van der Waals surface area (Å²) in [6.45, 7) is 1.50. The van der Waals surface area contributed by atoms with E-state index in [-0.39, 0.29) is 27.8 Å². The summed E-state index contributed by atoms with van der Waals surface area (Å²) < 4.78 is 69.5. The number of rotatable bonds is 7. The van der Waals surface area contributed by atoms with E-state index >= 15 is 0 Å². The topological polar surface area (TPSA) is 128 Å². The SMILES string of the molecule is COc1ccc(NS(=O)(=O)c2cc(N3C(=O)[C@@H](C)CS3(=O)=O)ccc2OC)cc1OC. The van der Waals surface area contributed by atoms with E-state index in [2.05, 4.69) is 4.72 Å². The number of hydrogen-bond acceptors (Lipinski definition) is 8. The van der Waals surface area contributed by atoms with E-state index < -0.39 is 31.9 Å². The second-order valence-electron chi connectivity index (χ2n) is 6.79. The van der Waals surface area contributed by atoms with Gasteiger partial charge in [0, 0.05) is 6.07 Å². The molecule has 0 aromatic heterocycles. The summed E-state index contributed by atoms with van der Waals surface area (Å²) in [6, 6.07) is 8.15. The molecule has 1 saturated heterocycles. The van der Waals surface area contributed by atoms with Gasteiger partial charge in [0.15, 0.2) is 11.5 Å². The summed E-state index contributed by atoms with van der Waals surface area (Å²) in [7, 11) is -3.98. The molecule has 1 heterocycles. The molecule has 1 fully saturated rings. The zero-order valence-corrected chi connectivity index (χ0v) is 18.9. The van der Waals surface area contributed by atoms with Gasteiger partial charge in [-0.3, -0.25) is 9.52 Å². The quantitative estimate of drug-likeness (QED) is 0.649. The average molecular weight is 471 g/mol. The second kappa shape index (κ2) is 8.27. The van der Waals surface area contributed by atoms with Gasteiger partial charge in [-0.1, -0.05) is 6.92 Å². The first kappa shape index (κ1) is 22.7. The molecule has 0 unspecified atom stereocenters. The Kier molecular flexibility index (Phi) is 6.05. The highest BCUT2D eigenvalue weighted by Crippen LogP contribution is 2.36. The van der Waals surface area contributed by atoms with E-state index in [4.69, 9.17) is 14.2 Å². The van der Waals surface area contributed by atoms with Crippen LogP contribution in [0.2, 0.25) is 0 Å². The third-order valence-corrected chi connectivity index (χ3v) is 7.94. The molecular formula is C19H22N2O8S2. The average Bonchev–Trinajstić information content (AvgIpc) is 2.93. The standard InChI is InChI=1S/C19H22N2O8S2/c1-12-11-30(23,24)21(19(12)22)14-6-8-16(28-3)18(10-14)31(25,26)20-13-5-7-15(27-2)17(9-13)29-4/h5-10,12,20H,11H2,1-4H3/t12-/m0/s1. The van der Waals surface area contributed by atoms with Gasteiger partial charge in [-0.15, -0.1) is 0 Å². The molecule has 1 atom stereocenters. The third kappa shape index (κ3) is 4.26. The van der Waals surface area contributed by atoms with E-state index in [0.717, 1.165) is 6.07 Å². The van der Waals surface area contributed by atoms with Crippen molar-refractivity contribution in [3.8, 4) is 17.2 Å². The van der Waals surface area contributed by atoms with Gasteiger partial charge in [0.2, 0.25) is 15.9 Å². The van der Waals surface area contributed by atoms with Gasteiger partial charge in [0.25, 0.3) is 10.0 Å².